The number of nitrogens with zero attached hydrogens (tertiary/aromatic N) is 2. The summed E-state index contributed by atoms with van der Waals surface area (Å²) < 4.78 is 0. The molecule has 0 bridgehead atoms. The van der Waals surface area contributed by atoms with E-state index >= 15 is 0 Å². The zero-order chi connectivity index (χ0) is 13.1. The van der Waals surface area contributed by atoms with E-state index in [1.807, 2.05) is 0 Å². The largest absolute Gasteiger partial charge is 0.481 e. The molecule has 0 aromatic heterocycles. The first kappa shape index (κ1) is 12.9. The molecule has 1 amide bonds. The number of carbonyl (C=O) groups is 2. The van der Waals surface area contributed by atoms with Gasteiger partial charge in [-0.05, 0) is 25.7 Å². The Balaban J connectivity index is 2.03. The molecule has 5 heteroatoms. The number of carbonyl (C=O) groups excluding carboxylic acids is 1. The number of carboxylic acid groups (broad SMARTS) is 1. The SMILES string of the molecule is N#CCCN(C(=O)C1CCCC1C(=O)O)C1CC1. The predicted octanol–water partition coefficient (Wildman–Crippen LogP) is 1.39. The Kier molecular flexibility index (Phi) is 3.85. The van der Waals surface area contributed by atoms with Gasteiger partial charge in [-0.25, -0.2) is 0 Å². The smallest absolute Gasteiger partial charge is 0.307 e. The highest BCUT2D eigenvalue weighted by Gasteiger charge is 2.42. The average Bonchev–Trinajstić information content (AvgIpc) is 3.05. The highest BCUT2D eigenvalue weighted by Crippen LogP contribution is 2.36. The van der Waals surface area contributed by atoms with E-state index < -0.39 is 11.9 Å². The van der Waals surface area contributed by atoms with E-state index in [1.54, 1.807) is 4.90 Å². The van der Waals surface area contributed by atoms with Gasteiger partial charge in [-0.15, -0.1) is 0 Å². The summed E-state index contributed by atoms with van der Waals surface area (Å²) in [6.45, 7) is 0.447. The average molecular weight is 250 g/mol. The maximum absolute atomic E-state index is 12.4. The van der Waals surface area contributed by atoms with Gasteiger partial charge in [0.15, 0.2) is 0 Å². The van der Waals surface area contributed by atoms with Crippen LogP contribution in [0.5, 0.6) is 0 Å². The molecule has 0 spiro atoms. The van der Waals surface area contributed by atoms with E-state index in [1.165, 1.54) is 0 Å². The Hall–Kier alpha value is -1.57. The molecular formula is C13H18N2O3. The molecule has 1 N–H and O–H groups in total. The second kappa shape index (κ2) is 5.38. The van der Waals surface area contributed by atoms with Gasteiger partial charge in [-0.1, -0.05) is 6.42 Å². The number of hydrogen-bond acceptors (Lipinski definition) is 3. The normalized spacial score (nSPS) is 26.6. The molecule has 0 radical (unpaired) electrons. The summed E-state index contributed by atoms with van der Waals surface area (Å²) in [7, 11) is 0. The molecule has 18 heavy (non-hydrogen) atoms. The summed E-state index contributed by atoms with van der Waals surface area (Å²) in [6, 6.07) is 2.30. The van der Waals surface area contributed by atoms with E-state index in [4.69, 9.17) is 10.4 Å². The fourth-order valence-electron chi connectivity index (χ4n) is 2.79. The zero-order valence-electron chi connectivity index (χ0n) is 10.3. The molecule has 2 rings (SSSR count). The molecule has 0 heterocycles. The lowest BCUT2D eigenvalue weighted by atomic mass is 9.94. The molecule has 0 aromatic rings. The highest BCUT2D eigenvalue weighted by molar-refractivity contribution is 5.85. The second-order valence-electron chi connectivity index (χ2n) is 5.15. The lowest BCUT2D eigenvalue weighted by Gasteiger charge is -2.26. The van der Waals surface area contributed by atoms with Crippen LogP contribution >= 0.6 is 0 Å². The molecular weight excluding hydrogens is 232 g/mol. The minimum Gasteiger partial charge on any atom is -0.481 e. The molecule has 2 atom stereocenters. The van der Waals surface area contributed by atoms with Crippen molar-refractivity contribution in [2.75, 3.05) is 6.54 Å². The van der Waals surface area contributed by atoms with Crippen LogP contribution in [0.2, 0.25) is 0 Å². The van der Waals surface area contributed by atoms with Crippen molar-refractivity contribution in [3.05, 3.63) is 0 Å². The van der Waals surface area contributed by atoms with Gasteiger partial charge in [0.25, 0.3) is 0 Å². The van der Waals surface area contributed by atoms with Crippen LogP contribution in [0.3, 0.4) is 0 Å². The fraction of sp³-hybridized carbons (Fsp3) is 0.769. The van der Waals surface area contributed by atoms with E-state index in [0.29, 0.717) is 25.8 Å². The molecule has 0 aromatic carbocycles. The maximum Gasteiger partial charge on any atom is 0.307 e. The quantitative estimate of drug-likeness (QED) is 0.799. The van der Waals surface area contributed by atoms with Crippen molar-refractivity contribution in [3.8, 4) is 6.07 Å². The van der Waals surface area contributed by atoms with Gasteiger partial charge < -0.3 is 10.0 Å². The molecule has 98 valence electrons. The number of rotatable bonds is 5. The van der Waals surface area contributed by atoms with Crippen molar-refractivity contribution < 1.29 is 14.7 Å². The highest BCUT2D eigenvalue weighted by atomic mass is 16.4. The van der Waals surface area contributed by atoms with Crippen molar-refractivity contribution in [1.29, 1.82) is 5.26 Å². The number of amides is 1. The molecule has 0 saturated heterocycles. The Morgan fingerprint density at radius 1 is 1.22 bits per heavy atom. The Morgan fingerprint density at radius 2 is 1.89 bits per heavy atom. The molecule has 2 fully saturated rings. The van der Waals surface area contributed by atoms with Crippen molar-refractivity contribution in [2.45, 2.75) is 44.6 Å². The molecule has 5 nitrogen and oxygen atoms in total. The van der Waals surface area contributed by atoms with E-state index in [9.17, 15) is 9.59 Å². The second-order valence-corrected chi connectivity index (χ2v) is 5.15. The minimum atomic E-state index is -0.859. The topological polar surface area (TPSA) is 81.4 Å². The molecule has 0 aliphatic heterocycles. The van der Waals surface area contributed by atoms with Gasteiger partial charge in [-0.3, -0.25) is 9.59 Å². The summed E-state index contributed by atoms with van der Waals surface area (Å²) in [4.78, 5) is 25.3. The summed E-state index contributed by atoms with van der Waals surface area (Å²) >= 11 is 0. The summed E-state index contributed by atoms with van der Waals surface area (Å²) in [5.74, 6) is -1.80. The minimum absolute atomic E-state index is 0.0438. The zero-order valence-corrected chi connectivity index (χ0v) is 10.3. The first-order chi connectivity index (χ1) is 8.65. The number of carboxylic acids is 1. The van der Waals surface area contributed by atoms with E-state index in [2.05, 4.69) is 6.07 Å². The summed E-state index contributed by atoms with van der Waals surface area (Å²) in [6.07, 6.45) is 4.38. The number of nitriles is 1. The van der Waals surface area contributed by atoms with Crippen LogP contribution in [0.4, 0.5) is 0 Å². The van der Waals surface area contributed by atoms with E-state index in [-0.39, 0.29) is 17.9 Å². The van der Waals surface area contributed by atoms with Gasteiger partial charge >= 0.3 is 5.97 Å². The Bertz CT molecular complexity index is 384. The summed E-state index contributed by atoms with van der Waals surface area (Å²) in [5.41, 5.74) is 0. The molecule has 2 unspecified atom stereocenters. The van der Waals surface area contributed by atoms with Crippen LogP contribution in [-0.4, -0.2) is 34.5 Å². The van der Waals surface area contributed by atoms with Crippen LogP contribution in [0.15, 0.2) is 0 Å². The number of aliphatic carboxylic acids is 1. The van der Waals surface area contributed by atoms with Crippen LogP contribution in [-0.2, 0) is 9.59 Å². The molecule has 2 aliphatic rings. The van der Waals surface area contributed by atoms with Crippen molar-refractivity contribution in [1.82, 2.24) is 4.90 Å². The van der Waals surface area contributed by atoms with Gasteiger partial charge in [0.2, 0.25) is 5.91 Å². The van der Waals surface area contributed by atoms with Crippen molar-refractivity contribution in [3.63, 3.8) is 0 Å². The van der Waals surface area contributed by atoms with Crippen LogP contribution in [0, 0.1) is 23.2 Å². The van der Waals surface area contributed by atoms with Crippen molar-refractivity contribution >= 4 is 11.9 Å². The maximum atomic E-state index is 12.4. The van der Waals surface area contributed by atoms with Crippen LogP contribution in [0.25, 0.3) is 0 Å². The standard InChI is InChI=1S/C13H18N2O3/c14-7-2-8-15(9-5-6-9)12(16)10-3-1-4-11(10)13(17)18/h9-11H,1-6,8H2,(H,17,18). The lowest BCUT2D eigenvalue weighted by molar-refractivity contribution is -0.149. The van der Waals surface area contributed by atoms with Gasteiger partial charge in [-0.2, -0.15) is 5.26 Å². The van der Waals surface area contributed by atoms with Gasteiger partial charge in [0, 0.05) is 12.6 Å². The fourth-order valence-corrected chi connectivity index (χ4v) is 2.79. The summed E-state index contributed by atoms with van der Waals surface area (Å²) in [5, 5.41) is 17.7. The molecule has 2 aliphatic carbocycles. The lowest BCUT2D eigenvalue weighted by Crippen LogP contribution is -2.41. The van der Waals surface area contributed by atoms with Gasteiger partial charge in [0.05, 0.1) is 24.3 Å². The van der Waals surface area contributed by atoms with Gasteiger partial charge in [0.1, 0.15) is 0 Å². The Morgan fingerprint density at radius 3 is 2.44 bits per heavy atom. The first-order valence-electron chi connectivity index (χ1n) is 6.55. The third kappa shape index (κ3) is 2.63. The van der Waals surface area contributed by atoms with Crippen LogP contribution in [0.1, 0.15) is 38.5 Å². The van der Waals surface area contributed by atoms with E-state index in [0.717, 1.165) is 19.3 Å². The third-order valence-electron chi connectivity index (χ3n) is 3.89. The first-order valence-corrected chi connectivity index (χ1v) is 6.55. The number of hydrogen-bond donors (Lipinski definition) is 1. The Labute approximate surface area is 106 Å². The van der Waals surface area contributed by atoms with Crippen molar-refractivity contribution in [2.24, 2.45) is 11.8 Å². The monoisotopic (exact) mass is 250 g/mol. The third-order valence-corrected chi connectivity index (χ3v) is 3.89. The van der Waals surface area contributed by atoms with Crippen LogP contribution < -0.4 is 0 Å². The molecule has 2 saturated carbocycles. The predicted molar refractivity (Wildman–Crippen MR) is 63.4 cm³/mol.